The van der Waals surface area contributed by atoms with Crippen molar-refractivity contribution in [3.05, 3.63) is 41.0 Å². The maximum Gasteiger partial charge on any atom is 0.292 e. The number of anilines is 1. The standard InChI is InChI=1S/C12H13ClN4O2/c1-2-14-12(18)11-16-10(19-17-11)7-15-9-5-3-4-8(13)6-9/h3-6,15H,2,7H2,1H3,(H,14,18). The highest BCUT2D eigenvalue weighted by molar-refractivity contribution is 6.30. The number of rotatable bonds is 5. The first-order chi connectivity index (χ1) is 9.19. The van der Waals surface area contributed by atoms with Crippen LogP contribution >= 0.6 is 11.6 Å². The van der Waals surface area contributed by atoms with Crippen LogP contribution in [0.1, 0.15) is 23.4 Å². The minimum absolute atomic E-state index is 0.0322. The highest BCUT2D eigenvalue weighted by Gasteiger charge is 2.13. The molecule has 0 atom stereocenters. The molecule has 0 aliphatic heterocycles. The molecule has 0 unspecified atom stereocenters. The minimum Gasteiger partial charge on any atom is -0.376 e. The first-order valence-electron chi connectivity index (χ1n) is 5.79. The van der Waals surface area contributed by atoms with E-state index >= 15 is 0 Å². The summed E-state index contributed by atoms with van der Waals surface area (Å²) in [5.41, 5.74) is 0.838. The SMILES string of the molecule is CCNC(=O)c1noc(CNc2cccc(Cl)c2)n1. The molecule has 6 nitrogen and oxygen atoms in total. The average Bonchev–Trinajstić information content (AvgIpc) is 2.86. The molecule has 0 saturated heterocycles. The number of nitrogens with one attached hydrogen (secondary N) is 2. The van der Waals surface area contributed by atoms with Crippen LogP contribution in [0.4, 0.5) is 5.69 Å². The van der Waals surface area contributed by atoms with Gasteiger partial charge in [-0.3, -0.25) is 4.79 Å². The Bertz CT molecular complexity index is 570. The molecule has 1 amide bonds. The van der Waals surface area contributed by atoms with Gasteiger partial charge in [0, 0.05) is 17.3 Å². The molecule has 0 aliphatic rings. The Hall–Kier alpha value is -2.08. The molecule has 0 radical (unpaired) electrons. The Morgan fingerprint density at radius 3 is 3.05 bits per heavy atom. The van der Waals surface area contributed by atoms with E-state index in [4.69, 9.17) is 16.1 Å². The van der Waals surface area contributed by atoms with Gasteiger partial charge in [0.25, 0.3) is 11.7 Å². The lowest BCUT2D eigenvalue weighted by Crippen LogP contribution is -2.23. The van der Waals surface area contributed by atoms with Crippen molar-refractivity contribution in [1.82, 2.24) is 15.5 Å². The highest BCUT2D eigenvalue weighted by Crippen LogP contribution is 2.15. The number of hydrogen-bond acceptors (Lipinski definition) is 5. The summed E-state index contributed by atoms with van der Waals surface area (Å²) in [7, 11) is 0. The van der Waals surface area contributed by atoms with Crippen molar-refractivity contribution in [1.29, 1.82) is 0 Å². The van der Waals surface area contributed by atoms with E-state index < -0.39 is 0 Å². The highest BCUT2D eigenvalue weighted by atomic mass is 35.5. The number of carbonyl (C=O) groups excluding carboxylic acids is 1. The number of halogens is 1. The van der Waals surface area contributed by atoms with Crippen molar-refractivity contribution < 1.29 is 9.32 Å². The number of aromatic nitrogens is 2. The molecule has 2 rings (SSSR count). The largest absolute Gasteiger partial charge is 0.376 e. The lowest BCUT2D eigenvalue weighted by atomic mass is 10.3. The van der Waals surface area contributed by atoms with Crippen LogP contribution in [0.2, 0.25) is 5.02 Å². The van der Waals surface area contributed by atoms with Crippen LogP contribution in [0.15, 0.2) is 28.8 Å². The molecule has 1 aromatic heterocycles. The van der Waals surface area contributed by atoms with E-state index in [1.807, 2.05) is 19.1 Å². The summed E-state index contributed by atoms with van der Waals surface area (Å²) in [6.45, 7) is 2.66. The molecule has 19 heavy (non-hydrogen) atoms. The van der Waals surface area contributed by atoms with Gasteiger partial charge in [0.2, 0.25) is 5.89 Å². The first-order valence-corrected chi connectivity index (χ1v) is 6.17. The number of amides is 1. The molecule has 0 bridgehead atoms. The van der Waals surface area contributed by atoms with Gasteiger partial charge in [0.05, 0.1) is 6.54 Å². The summed E-state index contributed by atoms with van der Waals surface area (Å²) < 4.78 is 4.97. The number of nitrogens with zero attached hydrogens (tertiary/aromatic N) is 2. The van der Waals surface area contributed by atoms with E-state index in [0.717, 1.165) is 5.69 Å². The Kier molecular flexibility index (Phi) is 4.35. The summed E-state index contributed by atoms with van der Waals surface area (Å²) in [6.07, 6.45) is 0. The number of benzene rings is 1. The van der Waals surface area contributed by atoms with Gasteiger partial charge in [-0.2, -0.15) is 4.98 Å². The van der Waals surface area contributed by atoms with Gasteiger partial charge < -0.3 is 15.2 Å². The lowest BCUT2D eigenvalue weighted by Gasteiger charge is -2.02. The van der Waals surface area contributed by atoms with E-state index in [-0.39, 0.29) is 11.7 Å². The summed E-state index contributed by atoms with van der Waals surface area (Å²) in [4.78, 5) is 15.4. The monoisotopic (exact) mass is 280 g/mol. The summed E-state index contributed by atoms with van der Waals surface area (Å²) in [5, 5.41) is 9.91. The number of hydrogen-bond donors (Lipinski definition) is 2. The van der Waals surface area contributed by atoms with Gasteiger partial charge in [-0.25, -0.2) is 0 Å². The smallest absolute Gasteiger partial charge is 0.292 e. The van der Waals surface area contributed by atoms with E-state index in [2.05, 4.69) is 20.8 Å². The van der Waals surface area contributed by atoms with Crippen molar-refractivity contribution in [2.45, 2.75) is 13.5 Å². The summed E-state index contributed by atoms with van der Waals surface area (Å²) in [5.74, 6) is 0.0197. The third kappa shape index (κ3) is 3.69. The Labute approximate surface area is 115 Å². The quantitative estimate of drug-likeness (QED) is 0.876. The second-order valence-corrected chi connectivity index (χ2v) is 4.17. The molecule has 0 saturated carbocycles. The Balaban J connectivity index is 1.95. The summed E-state index contributed by atoms with van der Waals surface area (Å²) >= 11 is 5.86. The van der Waals surface area contributed by atoms with Crippen molar-refractivity contribution in [2.24, 2.45) is 0 Å². The lowest BCUT2D eigenvalue weighted by molar-refractivity contribution is 0.0942. The zero-order valence-corrected chi connectivity index (χ0v) is 11.1. The number of carbonyl (C=O) groups is 1. The normalized spacial score (nSPS) is 10.2. The van der Waals surface area contributed by atoms with Gasteiger partial charge in [0.15, 0.2) is 0 Å². The zero-order valence-electron chi connectivity index (χ0n) is 10.3. The fourth-order valence-electron chi connectivity index (χ4n) is 1.43. The van der Waals surface area contributed by atoms with Crippen LogP contribution < -0.4 is 10.6 Å². The van der Waals surface area contributed by atoms with Crippen LogP contribution in [-0.2, 0) is 6.54 Å². The molecule has 100 valence electrons. The molecule has 1 aromatic carbocycles. The molecule has 0 aliphatic carbocycles. The molecule has 7 heteroatoms. The maximum atomic E-state index is 11.4. The zero-order chi connectivity index (χ0) is 13.7. The van der Waals surface area contributed by atoms with Gasteiger partial charge >= 0.3 is 0 Å². The van der Waals surface area contributed by atoms with Crippen molar-refractivity contribution in [3.8, 4) is 0 Å². The molecule has 2 aromatic rings. The van der Waals surface area contributed by atoms with Crippen molar-refractivity contribution >= 4 is 23.2 Å². The molecule has 0 spiro atoms. The maximum absolute atomic E-state index is 11.4. The van der Waals surface area contributed by atoms with Crippen molar-refractivity contribution in [2.75, 3.05) is 11.9 Å². The van der Waals surface area contributed by atoms with Crippen molar-refractivity contribution in [3.63, 3.8) is 0 Å². The van der Waals surface area contributed by atoms with Crippen LogP contribution in [-0.4, -0.2) is 22.6 Å². The summed E-state index contributed by atoms with van der Waals surface area (Å²) in [6, 6.07) is 7.26. The van der Waals surface area contributed by atoms with Gasteiger partial charge in [-0.1, -0.05) is 22.8 Å². The van der Waals surface area contributed by atoms with Gasteiger partial charge in [-0.15, -0.1) is 0 Å². The third-order valence-corrected chi connectivity index (χ3v) is 2.51. The molecular formula is C12H13ClN4O2. The minimum atomic E-state index is -0.347. The topological polar surface area (TPSA) is 80.0 Å². The fraction of sp³-hybridized carbons (Fsp3) is 0.250. The molecule has 2 N–H and O–H groups in total. The second-order valence-electron chi connectivity index (χ2n) is 3.74. The van der Waals surface area contributed by atoms with Crippen LogP contribution in [0.25, 0.3) is 0 Å². The molecule has 0 fully saturated rings. The third-order valence-electron chi connectivity index (χ3n) is 2.28. The Morgan fingerprint density at radius 2 is 2.32 bits per heavy atom. The average molecular weight is 281 g/mol. The van der Waals surface area contributed by atoms with Gasteiger partial charge in [0.1, 0.15) is 0 Å². The Morgan fingerprint density at radius 1 is 1.47 bits per heavy atom. The van der Waals surface area contributed by atoms with E-state index in [0.29, 0.717) is 24.0 Å². The first kappa shape index (κ1) is 13.4. The fourth-order valence-corrected chi connectivity index (χ4v) is 1.62. The van der Waals surface area contributed by atoms with E-state index in [1.54, 1.807) is 12.1 Å². The van der Waals surface area contributed by atoms with Crippen LogP contribution in [0.3, 0.4) is 0 Å². The second kappa shape index (κ2) is 6.19. The predicted molar refractivity (Wildman–Crippen MR) is 71.1 cm³/mol. The van der Waals surface area contributed by atoms with Gasteiger partial charge in [-0.05, 0) is 25.1 Å². The van der Waals surface area contributed by atoms with Crippen LogP contribution in [0.5, 0.6) is 0 Å². The van der Waals surface area contributed by atoms with E-state index in [1.165, 1.54) is 0 Å². The molecule has 1 heterocycles. The molecular weight excluding hydrogens is 268 g/mol. The van der Waals surface area contributed by atoms with Crippen LogP contribution in [0, 0.1) is 0 Å². The predicted octanol–water partition coefficient (Wildman–Crippen LogP) is 2.08. The van der Waals surface area contributed by atoms with E-state index in [9.17, 15) is 4.79 Å².